The fraction of sp³-hybridized carbons (Fsp3) is 0.273. The highest BCUT2D eigenvalue weighted by molar-refractivity contribution is 6.58. The number of hydrogen-bond donors (Lipinski definition) is 1. The lowest BCUT2D eigenvalue weighted by Crippen LogP contribution is -2.60. The summed E-state index contributed by atoms with van der Waals surface area (Å²) < 4.78 is 19.4. The molecule has 3 aromatic rings. The molecule has 6 atom stereocenters. The predicted octanol–water partition coefficient (Wildman–Crippen LogP) is 5.96. The number of ether oxygens (including phenoxy) is 1. The molecule has 8 nitrogen and oxygen atoms in total. The summed E-state index contributed by atoms with van der Waals surface area (Å²) in [5.41, 5.74) is 1.01. The summed E-state index contributed by atoms with van der Waals surface area (Å²) in [5, 5.41) is 11.7. The Labute approximate surface area is 271 Å². The molecule has 230 valence electrons. The van der Waals surface area contributed by atoms with Crippen molar-refractivity contribution < 1.29 is 33.4 Å². The molecular formula is C33H24Cl3FN2O6. The molecule has 4 amide bonds. The van der Waals surface area contributed by atoms with Gasteiger partial charge in [0.05, 0.1) is 30.3 Å². The largest absolute Gasteiger partial charge is 0.508 e. The second kappa shape index (κ2) is 10.3. The Morgan fingerprint density at radius 3 is 2.18 bits per heavy atom. The van der Waals surface area contributed by atoms with Gasteiger partial charge < -0.3 is 9.84 Å². The Bertz CT molecular complexity index is 1830. The number of aromatic hydroxyl groups is 1. The summed E-state index contributed by atoms with van der Waals surface area (Å²) in [6, 6.07) is 15.6. The molecule has 0 spiro atoms. The van der Waals surface area contributed by atoms with Gasteiger partial charge in [0.1, 0.15) is 17.3 Å². The lowest BCUT2D eigenvalue weighted by Gasteiger charge is -2.50. The summed E-state index contributed by atoms with van der Waals surface area (Å²) in [5.74, 6) is -7.06. The first-order valence-corrected chi connectivity index (χ1v) is 15.3. The molecule has 2 heterocycles. The Morgan fingerprint density at radius 2 is 1.51 bits per heavy atom. The minimum absolute atomic E-state index is 0.0553. The second-order valence-corrected chi connectivity index (χ2v) is 13.3. The van der Waals surface area contributed by atoms with E-state index < -0.39 is 62.9 Å². The van der Waals surface area contributed by atoms with E-state index in [1.165, 1.54) is 25.3 Å². The van der Waals surface area contributed by atoms with Gasteiger partial charge in [-0.05, 0) is 79.4 Å². The van der Waals surface area contributed by atoms with Crippen molar-refractivity contribution >= 4 is 69.8 Å². The van der Waals surface area contributed by atoms with Gasteiger partial charge in [0.2, 0.25) is 11.8 Å². The van der Waals surface area contributed by atoms with Crippen LogP contribution in [0.25, 0.3) is 0 Å². The third-order valence-electron chi connectivity index (χ3n) is 9.53. The topological polar surface area (TPSA) is 104 Å². The predicted molar refractivity (Wildman–Crippen MR) is 165 cm³/mol. The zero-order chi connectivity index (χ0) is 32.0. The average Bonchev–Trinajstić information content (AvgIpc) is 3.36. The number of benzene rings is 3. The van der Waals surface area contributed by atoms with Crippen molar-refractivity contribution in [3.63, 3.8) is 0 Å². The summed E-state index contributed by atoms with van der Waals surface area (Å²) >= 11 is 20.8. The number of anilines is 2. The van der Waals surface area contributed by atoms with Crippen molar-refractivity contribution in [1.29, 1.82) is 0 Å². The summed E-state index contributed by atoms with van der Waals surface area (Å²) in [7, 11) is 1.38. The molecule has 0 aromatic heterocycles. The number of halogens is 4. The third kappa shape index (κ3) is 3.96. The van der Waals surface area contributed by atoms with Gasteiger partial charge in [-0.2, -0.15) is 0 Å². The van der Waals surface area contributed by atoms with Crippen molar-refractivity contribution in [2.75, 3.05) is 16.9 Å². The zero-order valence-corrected chi connectivity index (χ0v) is 25.8. The fourth-order valence-electron chi connectivity index (χ4n) is 7.56. The number of phenols is 1. The van der Waals surface area contributed by atoms with Gasteiger partial charge in [-0.15, -0.1) is 23.2 Å². The monoisotopic (exact) mass is 668 g/mol. The molecule has 3 aromatic carbocycles. The van der Waals surface area contributed by atoms with Crippen molar-refractivity contribution in [3.8, 4) is 11.5 Å². The van der Waals surface area contributed by atoms with Gasteiger partial charge in [0, 0.05) is 16.5 Å². The number of methoxy groups -OCH3 is 1. The molecule has 0 radical (unpaired) electrons. The van der Waals surface area contributed by atoms with Crippen LogP contribution in [0.4, 0.5) is 15.8 Å². The highest BCUT2D eigenvalue weighted by Gasteiger charge is 2.77. The molecule has 1 saturated carbocycles. The van der Waals surface area contributed by atoms with Crippen LogP contribution in [-0.4, -0.2) is 45.6 Å². The number of carbonyl (C=O) groups excluding carboxylic acids is 4. The molecule has 3 fully saturated rings. The van der Waals surface area contributed by atoms with Crippen LogP contribution in [0.15, 0.2) is 78.4 Å². The van der Waals surface area contributed by atoms with Crippen molar-refractivity contribution in [3.05, 3.63) is 94.8 Å². The number of nitrogens with zero attached hydrogens (tertiary/aromatic N) is 2. The quantitative estimate of drug-likeness (QED) is 0.209. The van der Waals surface area contributed by atoms with Crippen molar-refractivity contribution in [2.24, 2.45) is 17.8 Å². The molecular weight excluding hydrogens is 646 g/mol. The minimum Gasteiger partial charge on any atom is -0.508 e. The van der Waals surface area contributed by atoms with Gasteiger partial charge >= 0.3 is 0 Å². The van der Waals surface area contributed by atoms with Crippen LogP contribution in [0, 0.1) is 23.6 Å². The van der Waals surface area contributed by atoms with E-state index >= 15 is 0 Å². The molecule has 2 aliphatic heterocycles. The van der Waals surface area contributed by atoms with Gasteiger partial charge in [-0.25, -0.2) is 9.29 Å². The Kier molecular flexibility index (Phi) is 6.82. The molecule has 45 heavy (non-hydrogen) atoms. The Balaban J connectivity index is 1.43. The molecule has 7 rings (SSSR count). The van der Waals surface area contributed by atoms with Gasteiger partial charge in [-0.1, -0.05) is 29.3 Å². The van der Waals surface area contributed by atoms with E-state index in [0.717, 1.165) is 21.9 Å². The maximum absolute atomic E-state index is 14.4. The van der Waals surface area contributed by atoms with E-state index in [-0.39, 0.29) is 35.6 Å². The number of amides is 4. The molecule has 2 aliphatic carbocycles. The van der Waals surface area contributed by atoms with Crippen LogP contribution in [-0.2, 0) is 19.2 Å². The van der Waals surface area contributed by atoms with Crippen molar-refractivity contribution in [2.45, 2.75) is 28.5 Å². The first-order chi connectivity index (χ1) is 21.4. The second-order valence-electron chi connectivity index (χ2n) is 11.6. The first kappa shape index (κ1) is 29.8. The maximum atomic E-state index is 14.4. The van der Waals surface area contributed by atoms with E-state index in [2.05, 4.69) is 0 Å². The van der Waals surface area contributed by atoms with E-state index in [1.807, 2.05) is 0 Å². The van der Waals surface area contributed by atoms with Gasteiger partial charge in [0.25, 0.3) is 11.8 Å². The number of hydrogen-bond acceptors (Lipinski definition) is 6. The molecule has 4 aliphatic rings. The van der Waals surface area contributed by atoms with Gasteiger partial charge in [-0.3, -0.25) is 24.1 Å². The van der Waals surface area contributed by atoms with Crippen LogP contribution in [0.3, 0.4) is 0 Å². The standard InChI is InChI=1S/C33H24Cl3FN2O6/c1-45-24-4-2-3-23(40)26(24)27-20-13-14-21-25(29(42)38(28(21)41)18-9-5-16(34)6-10-18)22(20)15-32(35)30(43)39(31(44)33(27,32)36)19-11-7-17(37)8-12-19/h2-13,21-22,25,27,40H,14-15H2,1H3/t21-,22+,25-,27+,32+,33-/m0/s1. The SMILES string of the molecule is COc1cccc(O)c1[C@H]1C2=CC[C@@H]3C(=O)N(c4ccc(Cl)cc4)C(=O)[C@@H]3[C@@H]2C[C@@]2(Cl)C(=O)N(c3ccc(F)cc3)C(=O)[C@@]12Cl. The fourth-order valence-corrected chi connectivity index (χ4v) is 8.61. The summed E-state index contributed by atoms with van der Waals surface area (Å²) in [6.45, 7) is 0. The highest BCUT2D eigenvalue weighted by Crippen LogP contribution is 2.67. The number of allylic oxidation sites excluding steroid dienone is 2. The van der Waals surface area contributed by atoms with Crippen LogP contribution in [0.1, 0.15) is 24.3 Å². The Morgan fingerprint density at radius 1 is 0.867 bits per heavy atom. The van der Waals surface area contributed by atoms with Gasteiger partial charge in [0.15, 0.2) is 9.75 Å². The highest BCUT2D eigenvalue weighted by atomic mass is 35.5. The van der Waals surface area contributed by atoms with E-state index in [0.29, 0.717) is 16.3 Å². The summed E-state index contributed by atoms with van der Waals surface area (Å²) in [6.07, 6.45) is 1.65. The summed E-state index contributed by atoms with van der Waals surface area (Å²) in [4.78, 5) is 54.3. The minimum atomic E-state index is -2.21. The molecule has 1 N–H and O–H groups in total. The zero-order valence-electron chi connectivity index (χ0n) is 23.5. The normalized spacial score (nSPS) is 30.6. The van der Waals surface area contributed by atoms with Crippen LogP contribution >= 0.6 is 34.8 Å². The average molecular weight is 670 g/mol. The van der Waals surface area contributed by atoms with E-state index in [4.69, 9.17) is 39.5 Å². The van der Waals surface area contributed by atoms with Crippen LogP contribution < -0.4 is 14.5 Å². The number of alkyl halides is 2. The maximum Gasteiger partial charge on any atom is 0.258 e. The van der Waals surface area contributed by atoms with E-state index in [1.54, 1.807) is 42.5 Å². The van der Waals surface area contributed by atoms with Crippen LogP contribution in [0.2, 0.25) is 5.02 Å². The number of rotatable bonds is 4. The first-order valence-electron chi connectivity index (χ1n) is 14.2. The molecule has 0 bridgehead atoms. The molecule has 2 saturated heterocycles. The van der Waals surface area contributed by atoms with Crippen LogP contribution in [0.5, 0.6) is 11.5 Å². The lowest BCUT2D eigenvalue weighted by atomic mass is 9.56. The smallest absolute Gasteiger partial charge is 0.258 e. The molecule has 0 unspecified atom stereocenters. The number of imide groups is 2. The lowest BCUT2D eigenvalue weighted by molar-refractivity contribution is -0.125. The van der Waals surface area contributed by atoms with E-state index in [9.17, 15) is 28.7 Å². The third-order valence-corrected chi connectivity index (χ3v) is 11.2. The van der Waals surface area contributed by atoms with Crippen molar-refractivity contribution in [1.82, 2.24) is 0 Å². The number of carbonyl (C=O) groups is 4. The number of fused-ring (bicyclic) bond motifs is 4. The number of phenolic OH excluding ortho intramolecular Hbond substituents is 1. The Hall–Kier alpha value is -3.92. The molecule has 12 heteroatoms.